The van der Waals surface area contributed by atoms with Gasteiger partial charge in [0.05, 0.1) is 20.6 Å². The van der Waals surface area contributed by atoms with E-state index >= 15 is 0 Å². The van der Waals surface area contributed by atoms with Crippen LogP contribution < -0.4 is 5.11 Å². The number of nitrogens with zero attached hydrogens (tertiary/aromatic N) is 1. The fourth-order valence-electron chi connectivity index (χ4n) is 2.05. The normalized spacial score (nSPS) is 12.7. The molecule has 0 saturated carbocycles. The Morgan fingerprint density at radius 1 is 1.11 bits per heavy atom. The number of rotatable bonds is 11. The summed E-state index contributed by atoms with van der Waals surface area (Å²) < 4.78 is 0.590. The zero-order chi connectivity index (χ0) is 14.7. The summed E-state index contributed by atoms with van der Waals surface area (Å²) in [6.07, 6.45) is 8.78. The molecule has 0 spiro atoms. The van der Waals surface area contributed by atoms with Gasteiger partial charge in [0.25, 0.3) is 0 Å². The van der Waals surface area contributed by atoms with Crippen LogP contribution >= 0.6 is 0 Å². The van der Waals surface area contributed by atoms with Crippen molar-refractivity contribution in [2.75, 3.05) is 20.6 Å². The maximum atomic E-state index is 10.3. The van der Waals surface area contributed by atoms with Crippen molar-refractivity contribution >= 4 is 5.97 Å². The molecular formula is C15H29NO3. The summed E-state index contributed by atoms with van der Waals surface area (Å²) in [4.78, 5) is 10.3. The minimum atomic E-state index is -0.986. The van der Waals surface area contributed by atoms with Crippen LogP contribution in [0.15, 0.2) is 12.0 Å². The zero-order valence-corrected chi connectivity index (χ0v) is 12.7. The second-order valence-electron chi connectivity index (χ2n) is 5.76. The Labute approximate surface area is 117 Å². The minimum absolute atomic E-state index is 0.118. The number of aliphatic hydroxyl groups excluding tert-OH is 1. The highest BCUT2D eigenvalue weighted by molar-refractivity contribution is 5.64. The fraction of sp³-hybridized carbons (Fsp3) is 0.800. The molecule has 0 aliphatic heterocycles. The molecule has 0 bridgehead atoms. The van der Waals surface area contributed by atoms with Crippen molar-refractivity contribution in [2.45, 2.75) is 58.3 Å². The number of carbonyl (C=O) groups excluding carboxylic acids is 1. The minimum Gasteiger partial charge on any atom is -0.550 e. The Balaban J connectivity index is 3.92. The first-order chi connectivity index (χ1) is 8.87. The third-order valence-electron chi connectivity index (χ3n) is 3.15. The van der Waals surface area contributed by atoms with E-state index in [0.29, 0.717) is 16.7 Å². The third kappa shape index (κ3) is 11.8. The number of allylic oxidation sites excluding steroid dienone is 1. The highest BCUT2D eigenvalue weighted by Gasteiger charge is 2.13. The molecule has 0 saturated heterocycles. The first-order valence-electron chi connectivity index (χ1n) is 7.30. The van der Waals surface area contributed by atoms with E-state index in [4.69, 9.17) is 0 Å². The molecule has 0 radical (unpaired) electrons. The van der Waals surface area contributed by atoms with Crippen LogP contribution in [0, 0.1) is 0 Å². The zero-order valence-electron chi connectivity index (χ0n) is 12.7. The summed E-state index contributed by atoms with van der Waals surface area (Å²) in [7, 11) is 4.03. The summed E-state index contributed by atoms with van der Waals surface area (Å²) in [6.45, 7) is 2.99. The van der Waals surface area contributed by atoms with E-state index in [1.807, 2.05) is 20.3 Å². The third-order valence-corrected chi connectivity index (χ3v) is 3.15. The molecule has 0 fully saturated rings. The van der Waals surface area contributed by atoms with Gasteiger partial charge in [-0.2, -0.15) is 0 Å². The lowest BCUT2D eigenvalue weighted by Gasteiger charge is -2.25. The summed E-state index contributed by atoms with van der Waals surface area (Å²) in [5.41, 5.74) is 0. The lowest BCUT2D eigenvalue weighted by atomic mass is 10.1. The molecule has 4 heteroatoms. The smallest absolute Gasteiger partial charge is 0.145 e. The Morgan fingerprint density at radius 3 is 2.32 bits per heavy atom. The van der Waals surface area contributed by atoms with Crippen molar-refractivity contribution in [3.63, 3.8) is 0 Å². The molecule has 0 amide bonds. The molecular weight excluding hydrogens is 242 g/mol. The Bertz CT molecular complexity index is 285. The van der Waals surface area contributed by atoms with Gasteiger partial charge in [-0.05, 0) is 25.7 Å². The average molecular weight is 271 g/mol. The number of quaternary nitrogens is 1. The van der Waals surface area contributed by atoms with Gasteiger partial charge in [0.2, 0.25) is 0 Å². The molecule has 4 nitrogen and oxygen atoms in total. The van der Waals surface area contributed by atoms with Gasteiger partial charge >= 0.3 is 0 Å². The van der Waals surface area contributed by atoms with Gasteiger partial charge in [-0.15, -0.1) is 0 Å². The van der Waals surface area contributed by atoms with Crippen LogP contribution in [-0.2, 0) is 4.79 Å². The van der Waals surface area contributed by atoms with Gasteiger partial charge < -0.3 is 15.0 Å². The molecule has 0 aliphatic carbocycles. The van der Waals surface area contributed by atoms with Gasteiger partial charge in [-0.25, -0.2) is 0 Å². The molecule has 0 aromatic heterocycles. The molecule has 0 aliphatic rings. The quantitative estimate of drug-likeness (QED) is 0.356. The van der Waals surface area contributed by atoms with E-state index in [9.17, 15) is 15.0 Å². The van der Waals surface area contributed by atoms with Crippen LogP contribution in [-0.4, -0.2) is 36.2 Å². The Morgan fingerprint density at radius 2 is 1.74 bits per heavy atom. The molecule has 0 heterocycles. The van der Waals surface area contributed by atoms with Gasteiger partial charge in [-0.3, -0.25) is 4.48 Å². The lowest BCUT2D eigenvalue weighted by molar-refractivity contribution is -0.840. The van der Waals surface area contributed by atoms with Crippen molar-refractivity contribution in [2.24, 2.45) is 0 Å². The van der Waals surface area contributed by atoms with Gasteiger partial charge in [0.15, 0.2) is 0 Å². The lowest BCUT2D eigenvalue weighted by Crippen LogP contribution is -2.35. The summed E-state index contributed by atoms with van der Waals surface area (Å²) in [6, 6.07) is 0. The predicted octanol–water partition coefficient (Wildman–Crippen LogP) is 2.35. The number of carboxylic acid groups (broad SMARTS) is 1. The topological polar surface area (TPSA) is 60.4 Å². The molecule has 0 aromatic carbocycles. The Kier molecular flexibility index (Phi) is 9.31. The van der Waals surface area contributed by atoms with Crippen molar-refractivity contribution in [1.29, 1.82) is 0 Å². The number of carboxylic acids is 1. The number of hydrogen-bond acceptors (Lipinski definition) is 3. The van der Waals surface area contributed by atoms with E-state index in [-0.39, 0.29) is 6.42 Å². The standard InChI is InChI=1S/C15H29NO3/c1-4-5-6-7-10-14(17)13-16(2,3)12-9-8-11-15(18)19/h13H,4-12H2,1-3H3,(H-,17,18,19)/b14-13-. The van der Waals surface area contributed by atoms with Gasteiger partial charge in [-0.1, -0.05) is 26.2 Å². The number of aliphatic hydroxyl groups is 1. The number of aliphatic carboxylic acids is 1. The number of hydrogen-bond donors (Lipinski definition) is 1. The SMILES string of the molecule is CCCCCC/C(O)=C/[N+](C)(C)CCCCC(=O)[O-]. The molecule has 0 rings (SSSR count). The fourth-order valence-corrected chi connectivity index (χ4v) is 2.05. The molecule has 1 N–H and O–H groups in total. The molecule has 19 heavy (non-hydrogen) atoms. The van der Waals surface area contributed by atoms with Crippen LogP contribution in [0.2, 0.25) is 0 Å². The second kappa shape index (κ2) is 9.84. The van der Waals surface area contributed by atoms with Crippen molar-refractivity contribution in [3.05, 3.63) is 12.0 Å². The molecule has 0 unspecified atom stereocenters. The van der Waals surface area contributed by atoms with E-state index in [2.05, 4.69) is 6.92 Å². The van der Waals surface area contributed by atoms with Crippen LogP contribution in [0.3, 0.4) is 0 Å². The molecule has 0 aromatic rings. The maximum absolute atomic E-state index is 10.3. The number of carbonyl (C=O) groups is 1. The van der Waals surface area contributed by atoms with Crippen LogP contribution in [0.1, 0.15) is 58.3 Å². The predicted molar refractivity (Wildman–Crippen MR) is 75.3 cm³/mol. The monoisotopic (exact) mass is 271 g/mol. The van der Waals surface area contributed by atoms with Crippen LogP contribution in [0.4, 0.5) is 0 Å². The average Bonchev–Trinajstić information content (AvgIpc) is 2.29. The van der Waals surface area contributed by atoms with Crippen LogP contribution in [0.5, 0.6) is 0 Å². The van der Waals surface area contributed by atoms with Gasteiger partial charge in [0, 0.05) is 12.4 Å². The first-order valence-corrected chi connectivity index (χ1v) is 7.30. The highest BCUT2D eigenvalue weighted by Crippen LogP contribution is 2.12. The van der Waals surface area contributed by atoms with E-state index in [0.717, 1.165) is 32.2 Å². The van der Waals surface area contributed by atoms with E-state index < -0.39 is 5.97 Å². The van der Waals surface area contributed by atoms with Crippen molar-refractivity contribution < 1.29 is 19.5 Å². The summed E-state index contributed by atoms with van der Waals surface area (Å²) >= 11 is 0. The molecule has 112 valence electrons. The first kappa shape index (κ1) is 18.0. The Hall–Kier alpha value is -1.03. The van der Waals surface area contributed by atoms with E-state index in [1.165, 1.54) is 12.8 Å². The second-order valence-corrected chi connectivity index (χ2v) is 5.76. The molecule has 0 atom stereocenters. The van der Waals surface area contributed by atoms with Crippen molar-refractivity contribution in [1.82, 2.24) is 0 Å². The summed E-state index contributed by atoms with van der Waals surface area (Å²) in [5, 5.41) is 20.2. The summed E-state index contributed by atoms with van der Waals surface area (Å²) in [5.74, 6) is -0.541. The van der Waals surface area contributed by atoms with Crippen LogP contribution in [0.25, 0.3) is 0 Å². The number of unbranched alkanes of at least 4 members (excludes halogenated alkanes) is 4. The highest BCUT2D eigenvalue weighted by atomic mass is 16.4. The van der Waals surface area contributed by atoms with E-state index in [1.54, 1.807) is 0 Å². The maximum Gasteiger partial charge on any atom is 0.145 e. The van der Waals surface area contributed by atoms with Gasteiger partial charge in [0.1, 0.15) is 12.0 Å². The van der Waals surface area contributed by atoms with Crippen molar-refractivity contribution in [3.8, 4) is 0 Å². The largest absolute Gasteiger partial charge is 0.550 e.